The summed E-state index contributed by atoms with van der Waals surface area (Å²) < 4.78 is 21.8. The normalized spacial score (nSPS) is 13.9. The highest BCUT2D eigenvalue weighted by Crippen LogP contribution is 2.49. The predicted molar refractivity (Wildman–Crippen MR) is 129 cm³/mol. The van der Waals surface area contributed by atoms with E-state index in [-0.39, 0.29) is 35.2 Å². The van der Waals surface area contributed by atoms with Gasteiger partial charge in [-0.3, -0.25) is 15.2 Å². The van der Waals surface area contributed by atoms with E-state index in [4.69, 9.17) is 29.8 Å². The fourth-order valence-corrected chi connectivity index (χ4v) is 3.90. The van der Waals surface area contributed by atoms with Crippen molar-refractivity contribution in [1.29, 1.82) is 5.26 Å². The van der Waals surface area contributed by atoms with Gasteiger partial charge in [0.1, 0.15) is 11.6 Å². The van der Waals surface area contributed by atoms with Crippen molar-refractivity contribution in [3.63, 3.8) is 0 Å². The number of methoxy groups -OCH3 is 3. The molecule has 1 aliphatic heterocycles. The monoisotopic (exact) mass is 495 g/mol. The van der Waals surface area contributed by atoms with Crippen LogP contribution in [-0.4, -0.2) is 48.2 Å². The van der Waals surface area contributed by atoms with Gasteiger partial charge in [0.25, 0.3) is 5.69 Å². The van der Waals surface area contributed by atoms with Crippen LogP contribution in [0.1, 0.15) is 24.0 Å². The Hall–Kier alpha value is -4.76. The second-order valence-corrected chi connectivity index (χ2v) is 7.29. The SMILES string of the molecule is CCO.COc1cc(-c2[nH]nc3c2C(c2ccccc2[N+](=O)[O-])C(C#N)=C(N)O3)cc(OC)c1OC. The number of nitrogens with two attached hydrogens (primary N) is 1. The third kappa shape index (κ3) is 4.59. The van der Waals surface area contributed by atoms with Gasteiger partial charge in [-0.2, -0.15) is 5.26 Å². The highest BCUT2D eigenvalue weighted by molar-refractivity contribution is 5.75. The van der Waals surface area contributed by atoms with Gasteiger partial charge < -0.3 is 29.8 Å². The van der Waals surface area contributed by atoms with Gasteiger partial charge in [0.2, 0.25) is 17.5 Å². The van der Waals surface area contributed by atoms with Crippen LogP contribution < -0.4 is 24.7 Å². The molecule has 3 aromatic rings. The van der Waals surface area contributed by atoms with Crippen molar-refractivity contribution < 1.29 is 29.0 Å². The molecule has 0 spiro atoms. The molecule has 12 nitrogen and oxygen atoms in total. The Morgan fingerprint density at radius 2 is 1.83 bits per heavy atom. The summed E-state index contributed by atoms with van der Waals surface area (Å²) in [6, 6.07) is 11.6. The molecule has 1 unspecified atom stereocenters. The Bertz CT molecular complexity index is 1320. The zero-order chi connectivity index (χ0) is 26.4. The number of hydrogen-bond donors (Lipinski definition) is 3. The van der Waals surface area contributed by atoms with Crippen LogP contribution in [0.5, 0.6) is 23.1 Å². The average Bonchev–Trinajstić information content (AvgIpc) is 3.30. The van der Waals surface area contributed by atoms with Crippen LogP contribution in [0.15, 0.2) is 47.9 Å². The number of benzene rings is 2. The first-order valence-electron chi connectivity index (χ1n) is 10.7. The average molecular weight is 495 g/mol. The van der Waals surface area contributed by atoms with Gasteiger partial charge >= 0.3 is 0 Å². The highest BCUT2D eigenvalue weighted by atomic mass is 16.6. The first-order chi connectivity index (χ1) is 17.4. The molecule has 1 atom stereocenters. The first kappa shape index (κ1) is 25.9. The van der Waals surface area contributed by atoms with Crippen LogP contribution in [0.3, 0.4) is 0 Å². The van der Waals surface area contributed by atoms with Crippen LogP contribution in [0.25, 0.3) is 11.3 Å². The van der Waals surface area contributed by atoms with Crippen molar-refractivity contribution in [3.8, 4) is 40.5 Å². The number of allylic oxidation sites excluding steroid dienone is 1. The number of para-hydroxylation sites is 1. The predicted octanol–water partition coefficient (Wildman–Crippen LogP) is 3.23. The molecule has 0 fully saturated rings. The van der Waals surface area contributed by atoms with Crippen LogP contribution in [0, 0.1) is 21.4 Å². The van der Waals surface area contributed by atoms with E-state index in [9.17, 15) is 15.4 Å². The Balaban J connectivity index is 0.00000115. The van der Waals surface area contributed by atoms with E-state index < -0.39 is 10.8 Å². The van der Waals surface area contributed by atoms with E-state index in [0.717, 1.165) is 0 Å². The number of nitro groups is 1. The summed E-state index contributed by atoms with van der Waals surface area (Å²) in [4.78, 5) is 11.3. The number of nitro benzene ring substituents is 1. The lowest BCUT2D eigenvalue weighted by Crippen LogP contribution is -2.21. The summed E-state index contributed by atoms with van der Waals surface area (Å²) in [5.41, 5.74) is 7.59. The number of rotatable bonds is 6. The lowest BCUT2D eigenvalue weighted by molar-refractivity contribution is -0.385. The zero-order valence-electron chi connectivity index (χ0n) is 20.1. The number of nitrogens with zero attached hydrogens (tertiary/aromatic N) is 3. The molecule has 2 heterocycles. The summed E-state index contributed by atoms with van der Waals surface area (Å²) in [7, 11) is 4.46. The number of aliphatic hydroxyl groups excluding tert-OH is 1. The number of aromatic nitrogens is 2. The van der Waals surface area contributed by atoms with Crippen LogP contribution in [0.4, 0.5) is 5.69 Å². The fourth-order valence-electron chi connectivity index (χ4n) is 3.90. The largest absolute Gasteiger partial charge is 0.493 e. The van der Waals surface area contributed by atoms with E-state index in [1.165, 1.54) is 27.4 Å². The molecule has 0 bridgehead atoms. The van der Waals surface area contributed by atoms with E-state index in [1.54, 1.807) is 37.3 Å². The number of hydrogen-bond acceptors (Lipinski definition) is 10. The number of fused-ring (bicyclic) bond motifs is 1. The molecule has 188 valence electrons. The Morgan fingerprint density at radius 3 is 2.36 bits per heavy atom. The maximum atomic E-state index is 11.8. The number of nitriles is 1. The third-order valence-electron chi connectivity index (χ3n) is 5.34. The molecule has 36 heavy (non-hydrogen) atoms. The number of ether oxygens (including phenoxy) is 4. The van der Waals surface area contributed by atoms with Gasteiger partial charge in [-0.15, -0.1) is 5.10 Å². The molecule has 0 saturated carbocycles. The maximum Gasteiger partial charge on any atom is 0.273 e. The molecule has 12 heteroatoms. The van der Waals surface area contributed by atoms with Crippen molar-refractivity contribution in [1.82, 2.24) is 10.2 Å². The number of H-pyrrole nitrogens is 1. The topological polar surface area (TPSA) is 179 Å². The van der Waals surface area contributed by atoms with Crippen LogP contribution >= 0.6 is 0 Å². The quantitative estimate of drug-likeness (QED) is 0.339. The summed E-state index contributed by atoms with van der Waals surface area (Å²) >= 11 is 0. The van der Waals surface area contributed by atoms with E-state index in [2.05, 4.69) is 10.2 Å². The Labute approximate surface area is 206 Å². The first-order valence-corrected chi connectivity index (χ1v) is 10.7. The molecule has 0 saturated heterocycles. The van der Waals surface area contributed by atoms with Crippen LogP contribution in [0.2, 0.25) is 0 Å². The minimum atomic E-state index is -0.895. The van der Waals surface area contributed by atoms with Crippen molar-refractivity contribution in [2.45, 2.75) is 12.8 Å². The van der Waals surface area contributed by atoms with Gasteiger partial charge in [0.05, 0.1) is 43.4 Å². The Kier molecular flexibility index (Phi) is 7.98. The smallest absolute Gasteiger partial charge is 0.273 e. The molecule has 4 rings (SSSR count). The molecule has 4 N–H and O–H groups in total. The van der Waals surface area contributed by atoms with E-state index in [0.29, 0.717) is 34.1 Å². The van der Waals surface area contributed by atoms with Gasteiger partial charge in [0, 0.05) is 23.8 Å². The third-order valence-corrected chi connectivity index (χ3v) is 5.34. The molecular formula is C24H25N5O7. The molecule has 1 aliphatic rings. The van der Waals surface area contributed by atoms with Gasteiger partial charge in [-0.1, -0.05) is 18.2 Å². The Morgan fingerprint density at radius 1 is 1.22 bits per heavy atom. The molecule has 2 aromatic carbocycles. The van der Waals surface area contributed by atoms with Gasteiger partial charge in [0.15, 0.2) is 11.5 Å². The second-order valence-electron chi connectivity index (χ2n) is 7.29. The molecule has 1 aromatic heterocycles. The van der Waals surface area contributed by atoms with E-state index in [1.807, 2.05) is 6.07 Å². The lowest BCUT2D eigenvalue weighted by Gasteiger charge is -2.24. The number of nitrogens with one attached hydrogen (secondary N) is 1. The molecular weight excluding hydrogens is 470 g/mol. The summed E-state index contributed by atoms with van der Waals surface area (Å²) in [6.45, 7) is 1.93. The molecule has 0 aliphatic carbocycles. The summed E-state index contributed by atoms with van der Waals surface area (Å²) in [5, 5.41) is 36.3. The van der Waals surface area contributed by atoms with Gasteiger partial charge in [-0.25, -0.2) is 0 Å². The van der Waals surface area contributed by atoms with Crippen molar-refractivity contribution in [2.24, 2.45) is 5.73 Å². The highest BCUT2D eigenvalue weighted by Gasteiger charge is 2.39. The minimum absolute atomic E-state index is 0.0342. The maximum absolute atomic E-state index is 11.8. The molecule has 0 radical (unpaired) electrons. The van der Waals surface area contributed by atoms with Crippen molar-refractivity contribution in [2.75, 3.05) is 27.9 Å². The lowest BCUT2D eigenvalue weighted by atomic mass is 9.82. The number of aromatic amines is 1. The number of aliphatic hydroxyl groups is 1. The van der Waals surface area contributed by atoms with Gasteiger partial charge in [-0.05, 0) is 19.1 Å². The standard InChI is InChI=1S/C22H19N5O6.C2H6O/c1-30-15-8-11(9-16(31-2)20(15)32-3)19-18-17(12-6-4-5-7-14(12)27(28)29)13(10-23)21(24)33-22(18)26-25-19;1-2-3/h4-9,17H,24H2,1-3H3,(H,25,26);3H,2H2,1H3. The minimum Gasteiger partial charge on any atom is -0.493 e. The van der Waals surface area contributed by atoms with Crippen molar-refractivity contribution >= 4 is 5.69 Å². The van der Waals surface area contributed by atoms with Crippen molar-refractivity contribution in [3.05, 3.63) is 69.1 Å². The zero-order valence-corrected chi connectivity index (χ0v) is 20.1. The fraction of sp³-hybridized carbons (Fsp3) is 0.250. The van der Waals surface area contributed by atoms with E-state index >= 15 is 0 Å². The summed E-state index contributed by atoms with van der Waals surface area (Å²) in [5.74, 6) is 0.225. The molecule has 0 amide bonds. The second kappa shape index (κ2) is 11.1. The van der Waals surface area contributed by atoms with Crippen LogP contribution in [-0.2, 0) is 0 Å². The summed E-state index contributed by atoms with van der Waals surface area (Å²) in [6.07, 6.45) is 0.